The normalized spacial score (nSPS) is 20.1. The van der Waals surface area contributed by atoms with E-state index < -0.39 is 18.0 Å². The Bertz CT molecular complexity index is 978. The van der Waals surface area contributed by atoms with Gasteiger partial charge in [-0.15, -0.1) is 0 Å². The molecule has 7 heteroatoms. The van der Waals surface area contributed by atoms with Gasteiger partial charge in [-0.25, -0.2) is 0 Å². The summed E-state index contributed by atoms with van der Waals surface area (Å²) in [5, 5.41) is 9.56. The Morgan fingerprint density at radius 1 is 1.21 bits per heavy atom. The summed E-state index contributed by atoms with van der Waals surface area (Å²) in [6.07, 6.45) is 0.604. The maximum atomic E-state index is 12.6. The van der Waals surface area contributed by atoms with Gasteiger partial charge in [0.1, 0.15) is 22.1 Å². The molecule has 0 N–H and O–H groups in total. The highest BCUT2D eigenvalue weighted by Crippen LogP contribution is 2.60. The maximum Gasteiger partial charge on any atom is 0.311 e. The van der Waals surface area contributed by atoms with Crippen molar-refractivity contribution in [2.24, 2.45) is 17.3 Å². The fraction of sp³-hybridized carbons (Fsp3) is 0.273. The van der Waals surface area contributed by atoms with Gasteiger partial charge in [-0.2, -0.15) is 5.26 Å². The summed E-state index contributed by atoms with van der Waals surface area (Å²) in [6.45, 7) is 3.87. The van der Waals surface area contributed by atoms with Crippen molar-refractivity contribution in [2.45, 2.75) is 20.0 Å². The summed E-state index contributed by atoms with van der Waals surface area (Å²) in [6, 6.07) is 16.4. The fourth-order valence-corrected chi connectivity index (χ4v) is 3.85. The number of carbonyl (C=O) groups is 1. The highest BCUT2D eigenvalue weighted by molar-refractivity contribution is 9.10. The number of hydrogen-bond donors (Lipinski definition) is 0. The van der Waals surface area contributed by atoms with E-state index in [0.29, 0.717) is 17.1 Å². The molecule has 2 aromatic carbocycles. The van der Waals surface area contributed by atoms with E-state index in [1.165, 1.54) is 0 Å². The molecular weight excluding hydrogens is 477 g/mol. The van der Waals surface area contributed by atoms with Gasteiger partial charge in [0.25, 0.3) is 0 Å². The minimum absolute atomic E-state index is 0.119. The number of esters is 1. The number of benzene rings is 2. The van der Waals surface area contributed by atoms with Crippen molar-refractivity contribution in [2.75, 3.05) is 0 Å². The molecule has 1 unspecified atom stereocenters. The van der Waals surface area contributed by atoms with E-state index in [2.05, 4.69) is 15.9 Å². The van der Waals surface area contributed by atoms with Crippen molar-refractivity contribution in [1.82, 2.24) is 0 Å². The number of ether oxygens (including phenoxy) is 2. The SMILES string of the molecule is CC1(C)[C@H](C(=O)OC(C#N)c2cccc(Oc3ccc(Br)cc3)c2)[C@@H]1C=C(Cl)Cl. The third kappa shape index (κ3) is 5.14. The van der Waals surface area contributed by atoms with Crippen molar-refractivity contribution in [1.29, 1.82) is 5.26 Å². The van der Waals surface area contributed by atoms with Crippen LogP contribution in [0.15, 0.2) is 63.6 Å². The molecule has 0 aromatic heterocycles. The van der Waals surface area contributed by atoms with Gasteiger partial charge in [0.2, 0.25) is 6.10 Å². The first-order valence-electron chi connectivity index (χ1n) is 8.88. The largest absolute Gasteiger partial charge is 0.457 e. The first kappa shape index (κ1) is 21.7. The van der Waals surface area contributed by atoms with Crippen LogP contribution in [0.2, 0.25) is 0 Å². The van der Waals surface area contributed by atoms with E-state index in [1.807, 2.05) is 44.2 Å². The van der Waals surface area contributed by atoms with Crippen LogP contribution in [0.1, 0.15) is 25.5 Å². The third-order valence-electron chi connectivity index (χ3n) is 5.03. The minimum atomic E-state index is -1.04. The molecule has 29 heavy (non-hydrogen) atoms. The summed E-state index contributed by atoms with van der Waals surface area (Å²) in [5.41, 5.74) is 0.218. The Morgan fingerprint density at radius 3 is 2.52 bits per heavy atom. The molecule has 150 valence electrons. The lowest BCUT2D eigenvalue weighted by Crippen LogP contribution is -2.14. The van der Waals surface area contributed by atoms with E-state index in [-0.39, 0.29) is 15.8 Å². The van der Waals surface area contributed by atoms with Crippen LogP contribution in [0.4, 0.5) is 0 Å². The predicted molar refractivity (Wildman–Crippen MR) is 116 cm³/mol. The summed E-state index contributed by atoms with van der Waals surface area (Å²) in [7, 11) is 0. The number of carbonyl (C=O) groups excluding carboxylic acids is 1. The standard InChI is InChI=1S/C22H18BrCl2NO3/c1-22(2)17(11-19(24)25)20(22)21(27)29-18(12-26)13-4-3-5-16(10-13)28-15-8-6-14(23)7-9-15/h3-11,17-18,20H,1-2H3/t17-,18?,20-/m0/s1. The average molecular weight is 495 g/mol. The van der Waals surface area contributed by atoms with Crippen LogP contribution in [0.5, 0.6) is 11.5 Å². The van der Waals surface area contributed by atoms with E-state index >= 15 is 0 Å². The van der Waals surface area contributed by atoms with Gasteiger partial charge < -0.3 is 9.47 Å². The lowest BCUT2D eigenvalue weighted by Gasteiger charge is -2.13. The van der Waals surface area contributed by atoms with Gasteiger partial charge in [0.05, 0.1) is 5.92 Å². The zero-order valence-corrected chi connectivity index (χ0v) is 18.8. The molecule has 3 rings (SSSR count). The van der Waals surface area contributed by atoms with Crippen LogP contribution in [-0.4, -0.2) is 5.97 Å². The Balaban J connectivity index is 1.72. The number of halogens is 3. The molecule has 2 aromatic rings. The van der Waals surface area contributed by atoms with Crippen LogP contribution < -0.4 is 4.74 Å². The maximum absolute atomic E-state index is 12.6. The molecule has 1 fully saturated rings. The van der Waals surface area contributed by atoms with Crippen molar-refractivity contribution in [3.63, 3.8) is 0 Å². The van der Waals surface area contributed by atoms with Crippen LogP contribution >= 0.6 is 39.1 Å². The molecule has 0 aliphatic heterocycles. The van der Waals surface area contributed by atoms with E-state index in [4.69, 9.17) is 32.7 Å². The summed E-state index contributed by atoms with van der Waals surface area (Å²) < 4.78 is 12.4. The van der Waals surface area contributed by atoms with Gasteiger partial charge in [0, 0.05) is 10.0 Å². The third-order valence-corrected chi connectivity index (χ3v) is 5.81. The van der Waals surface area contributed by atoms with Gasteiger partial charge >= 0.3 is 5.97 Å². The van der Waals surface area contributed by atoms with E-state index in [0.717, 1.165) is 4.47 Å². The monoisotopic (exact) mass is 493 g/mol. The molecule has 0 amide bonds. The number of allylic oxidation sites excluding steroid dienone is 1. The Labute approximate surface area is 188 Å². The lowest BCUT2D eigenvalue weighted by atomic mass is 10.1. The minimum Gasteiger partial charge on any atom is -0.457 e. The Morgan fingerprint density at radius 2 is 1.90 bits per heavy atom. The molecule has 1 saturated carbocycles. The van der Waals surface area contributed by atoms with E-state index in [9.17, 15) is 10.1 Å². The number of hydrogen-bond acceptors (Lipinski definition) is 4. The van der Waals surface area contributed by atoms with Crippen LogP contribution in [-0.2, 0) is 9.53 Å². The molecule has 3 atom stereocenters. The predicted octanol–water partition coefficient (Wildman–Crippen LogP) is 6.94. The molecule has 1 aliphatic rings. The molecule has 0 heterocycles. The highest BCUT2D eigenvalue weighted by Gasteiger charge is 2.62. The van der Waals surface area contributed by atoms with E-state index in [1.54, 1.807) is 30.3 Å². The van der Waals surface area contributed by atoms with Crippen LogP contribution in [0.25, 0.3) is 0 Å². The summed E-state index contributed by atoms with van der Waals surface area (Å²) in [4.78, 5) is 12.6. The highest BCUT2D eigenvalue weighted by atomic mass is 79.9. The first-order chi connectivity index (χ1) is 13.7. The first-order valence-corrected chi connectivity index (χ1v) is 10.4. The van der Waals surface area contributed by atoms with Crippen molar-refractivity contribution < 1.29 is 14.3 Å². The van der Waals surface area contributed by atoms with Gasteiger partial charge in [0.15, 0.2) is 0 Å². The molecule has 1 aliphatic carbocycles. The zero-order chi connectivity index (χ0) is 21.2. The molecule has 0 bridgehead atoms. The summed E-state index contributed by atoms with van der Waals surface area (Å²) in [5.74, 6) is 0.238. The van der Waals surface area contributed by atoms with Crippen LogP contribution in [0.3, 0.4) is 0 Å². The quantitative estimate of drug-likeness (QED) is 0.408. The van der Waals surface area contributed by atoms with Crippen LogP contribution in [0, 0.1) is 28.6 Å². The second-order valence-electron chi connectivity index (χ2n) is 7.36. The number of nitrogens with zero attached hydrogens (tertiary/aromatic N) is 1. The number of rotatable bonds is 6. The second kappa shape index (κ2) is 8.79. The second-order valence-corrected chi connectivity index (χ2v) is 9.28. The van der Waals surface area contributed by atoms with Gasteiger partial charge in [-0.05, 0) is 53.8 Å². The van der Waals surface area contributed by atoms with Crippen molar-refractivity contribution in [3.8, 4) is 17.6 Å². The van der Waals surface area contributed by atoms with Crippen molar-refractivity contribution >= 4 is 45.1 Å². The number of nitriles is 1. The molecule has 4 nitrogen and oxygen atoms in total. The Kier molecular flexibility index (Phi) is 6.58. The molecule has 0 spiro atoms. The molecule has 0 radical (unpaired) electrons. The Hall–Kier alpha value is -2.00. The fourth-order valence-electron chi connectivity index (χ4n) is 3.31. The molecular formula is C22H18BrCl2NO3. The van der Waals surface area contributed by atoms with Gasteiger partial charge in [-0.1, -0.05) is 65.1 Å². The van der Waals surface area contributed by atoms with Gasteiger partial charge in [-0.3, -0.25) is 4.79 Å². The zero-order valence-electron chi connectivity index (χ0n) is 15.7. The van der Waals surface area contributed by atoms with Crippen molar-refractivity contribution in [3.05, 3.63) is 69.1 Å². The molecule has 0 saturated heterocycles. The smallest absolute Gasteiger partial charge is 0.311 e. The lowest BCUT2D eigenvalue weighted by molar-refractivity contribution is -0.149. The summed E-state index contributed by atoms with van der Waals surface area (Å²) >= 11 is 14.9. The topological polar surface area (TPSA) is 59.3 Å². The average Bonchev–Trinajstić information content (AvgIpc) is 3.21.